The van der Waals surface area contributed by atoms with E-state index < -0.39 is 6.10 Å². The van der Waals surface area contributed by atoms with Crippen LogP contribution in [0.15, 0.2) is 30.9 Å². The minimum atomic E-state index is -0.391. The maximum absolute atomic E-state index is 12.1. The van der Waals surface area contributed by atoms with E-state index >= 15 is 0 Å². The van der Waals surface area contributed by atoms with Crippen LogP contribution >= 0.6 is 11.6 Å². The molecule has 7 heteroatoms. The maximum atomic E-state index is 12.1. The van der Waals surface area contributed by atoms with Crippen molar-refractivity contribution in [2.45, 2.75) is 18.9 Å². The summed E-state index contributed by atoms with van der Waals surface area (Å²) in [7, 11) is 0. The number of benzene rings is 1. The Kier molecular flexibility index (Phi) is 3.66. The lowest BCUT2D eigenvalue weighted by Crippen LogP contribution is -2.27. The third-order valence-electron chi connectivity index (χ3n) is 3.11. The van der Waals surface area contributed by atoms with Gasteiger partial charge in [0, 0.05) is 6.61 Å². The molecular weight excluding hydrogens is 280 g/mol. The van der Waals surface area contributed by atoms with Crippen molar-refractivity contribution in [2.75, 3.05) is 11.9 Å². The summed E-state index contributed by atoms with van der Waals surface area (Å²) in [5, 5.41) is 7.38. The molecule has 0 spiro atoms. The van der Waals surface area contributed by atoms with Gasteiger partial charge < -0.3 is 10.1 Å². The van der Waals surface area contributed by atoms with Crippen molar-refractivity contribution in [3.8, 4) is 5.69 Å². The van der Waals surface area contributed by atoms with Crippen molar-refractivity contribution in [3.63, 3.8) is 0 Å². The van der Waals surface area contributed by atoms with Crippen LogP contribution in [0.1, 0.15) is 12.8 Å². The van der Waals surface area contributed by atoms with Crippen LogP contribution in [0.3, 0.4) is 0 Å². The van der Waals surface area contributed by atoms with E-state index in [2.05, 4.69) is 15.4 Å². The molecule has 0 unspecified atom stereocenters. The fourth-order valence-electron chi connectivity index (χ4n) is 2.17. The zero-order chi connectivity index (χ0) is 13.9. The van der Waals surface area contributed by atoms with Gasteiger partial charge in [-0.3, -0.25) is 4.79 Å². The summed E-state index contributed by atoms with van der Waals surface area (Å²) in [4.78, 5) is 16.0. The first-order chi connectivity index (χ1) is 9.75. The van der Waals surface area contributed by atoms with Gasteiger partial charge >= 0.3 is 0 Å². The van der Waals surface area contributed by atoms with E-state index in [1.165, 1.54) is 17.3 Å². The summed E-state index contributed by atoms with van der Waals surface area (Å²) in [5.41, 5.74) is 1.18. The second-order valence-electron chi connectivity index (χ2n) is 4.47. The van der Waals surface area contributed by atoms with Crippen LogP contribution in [0, 0.1) is 0 Å². The number of rotatable bonds is 3. The Bertz CT molecular complexity index is 609. The smallest absolute Gasteiger partial charge is 0.253 e. The number of hydrogen-bond donors (Lipinski definition) is 1. The van der Waals surface area contributed by atoms with Gasteiger partial charge in [0.25, 0.3) is 5.91 Å². The van der Waals surface area contributed by atoms with Crippen LogP contribution in [0.4, 0.5) is 5.69 Å². The topological polar surface area (TPSA) is 69.0 Å². The number of carbonyl (C=O) groups excluding carboxylic acids is 1. The monoisotopic (exact) mass is 292 g/mol. The molecule has 0 radical (unpaired) electrons. The Hall–Kier alpha value is -1.92. The molecule has 2 aromatic rings. The van der Waals surface area contributed by atoms with Crippen molar-refractivity contribution >= 4 is 23.2 Å². The molecule has 1 aliphatic rings. The first-order valence-corrected chi connectivity index (χ1v) is 6.69. The molecule has 1 aromatic heterocycles. The summed E-state index contributed by atoms with van der Waals surface area (Å²) in [6, 6.07) is 5.28. The minimum Gasteiger partial charge on any atom is -0.368 e. The van der Waals surface area contributed by atoms with Gasteiger partial charge in [-0.05, 0) is 25.0 Å². The molecule has 2 heterocycles. The van der Waals surface area contributed by atoms with Crippen molar-refractivity contribution in [1.29, 1.82) is 0 Å². The molecule has 1 saturated heterocycles. The van der Waals surface area contributed by atoms with Crippen molar-refractivity contribution in [3.05, 3.63) is 35.9 Å². The highest BCUT2D eigenvalue weighted by atomic mass is 35.5. The van der Waals surface area contributed by atoms with E-state index in [-0.39, 0.29) is 5.91 Å². The Balaban J connectivity index is 1.89. The molecule has 1 N–H and O–H groups in total. The van der Waals surface area contributed by atoms with Gasteiger partial charge in [-0.1, -0.05) is 17.7 Å². The number of hydrogen-bond acceptors (Lipinski definition) is 4. The fraction of sp³-hybridized carbons (Fsp3) is 0.308. The standard InChI is InChI=1S/C13H13ClN4O2/c14-9-3-1-4-10(12(9)18-8-15-7-16-18)17-13(19)11-5-2-6-20-11/h1,3-4,7-8,11H,2,5-6H2,(H,17,19)/t11-/m1/s1. The first-order valence-electron chi connectivity index (χ1n) is 6.31. The average molecular weight is 293 g/mol. The second-order valence-corrected chi connectivity index (χ2v) is 4.87. The molecule has 3 rings (SSSR count). The molecule has 6 nitrogen and oxygen atoms in total. The van der Waals surface area contributed by atoms with E-state index in [4.69, 9.17) is 16.3 Å². The highest BCUT2D eigenvalue weighted by molar-refractivity contribution is 6.33. The van der Waals surface area contributed by atoms with Crippen LogP contribution < -0.4 is 5.32 Å². The van der Waals surface area contributed by atoms with Crippen LogP contribution in [-0.4, -0.2) is 33.4 Å². The molecule has 1 amide bonds. The zero-order valence-corrected chi connectivity index (χ0v) is 11.4. The summed E-state index contributed by atoms with van der Waals surface area (Å²) < 4.78 is 6.89. The number of amides is 1. The van der Waals surface area contributed by atoms with Gasteiger partial charge in [0.05, 0.1) is 10.7 Å². The van der Waals surface area contributed by atoms with Crippen molar-refractivity contribution in [2.24, 2.45) is 0 Å². The van der Waals surface area contributed by atoms with Gasteiger partial charge in [-0.2, -0.15) is 5.10 Å². The quantitative estimate of drug-likeness (QED) is 0.940. The normalized spacial score (nSPS) is 18.1. The van der Waals surface area contributed by atoms with Crippen LogP contribution in [-0.2, 0) is 9.53 Å². The summed E-state index contributed by atoms with van der Waals surface area (Å²) in [5.74, 6) is -0.161. The molecule has 1 aliphatic heterocycles. The Morgan fingerprint density at radius 2 is 2.40 bits per heavy atom. The Morgan fingerprint density at radius 1 is 1.50 bits per heavy atom. The number of anilines is 1. The molecule has 1 atom stereocenters. The number of aromatic nitrogens is 3. The molecule has 20 heavy (non-hydrogen) atoms. The lowest BCUT2D eigenvalue weighted by atomic mass is 10.2. The molecule has 1 aromatic carbocycles. The Labute approximate surface area is 120 Å². The molecular formula is C13H13ClN4O2. The predicted molar refractivity (Wildman–Crippen MR) is 74.0 cm³/mol. The lowest BCUT2D eigenvalue weighted by molar-refractivity contribution is -0.124. The third kappa shape index (κ3) is 2.52. The van der Waals surface area contributed by atoms with E-state index in [0.29, 0.717) is 23.0 Å². The summed E-state index contributed by atoms with van der Waals surface area (Å²) in [6.07, 6.45) is 4.20. The van der Waals surface area contributed by atoms with E-state index in [9.17, 15) is 4.79 Å². The van der Waals surface area contributed by atoms with Crippen LogP contribution in [0.2, 0.25) is 5.02 Å². The van der Waals surface area contributed by atoms with Gasteiger partial charge in [-0.15, -0.1) is 0 Å². The number of para-hydroxylation sites is 1. The van der Waals surface area contributed by atoms with Crippen molar-refractivity contribution < 1.29 is 9.53 Å². The third-order valence-corrected chi connectivity index (χ3v) is 3.42. The van der Waals surface area contributed by atoms with Gasteiger partial charge in [0.1, 0.15) is 24.4 Å². The molecule has 0 aliphatic carbocycles. The number of halogens is 1. The molecule has 1 fully saturated rings. The fourth-order valence-corrected chi connectivity index (χ4v) is 2.43. The molecule has 0 bridgehead atoms. The average Bonchev–Trinajstić information content (AvgIpc) is 3.12. The zero-order valence-electron chi connectivity index (χ0n) is 10.6. The highest BCUT2D eigenvalue weighted by Gasteiger charge is 2.24. The molecule has 0 saturated carbocycles. The Morgan fingerprint density at radius 3 is 3.10 bits per heavy atom. The SMILES string of the molecule is O=C(Nc1cccc(Cl)c1-n1cncn1)[C@H]1CCCO1. The number of nitrogens with one attached hydrogen (secondary N) is 1. The predicted octanol–water partition coefficient (Wildman–Crippen LogP) is 2.04. The highest BCUT2D eigenvalue weighted by Crippen LogP contribution is 2.28. The first kappa shape index (κ1) is 13.1. The largest absolute Gasteiger partial charge is 0.368 e. The van der Waals surface area contributed by atoms with E-state index in [1.54, 1.807) is 18.2 Å². The second kappa shape index (κ2) is 5.60. The summed E-state index contributed by atoms with van der Waals surface area (Å²) >= 11 is 6.19. The number of nitrogens with zero attached hydrogens (tertiary/aromatic N) is 3. The van der Waals surface area contributed by atoms with E-state index in [0.717, 1.165) is 12.8 Å². The van der Waals surface area contributed by atoms with Crippen molar-refractivity contribution in [1.82, 2.24) is 14.8 Å². The van der Waals surface area contributed by atoms with Gasteiger partial charge in [0.2, 0.25) is 0 Å². The number of carbonyl (C=O) groups is 1. The van der Waals surface area contributed by atoms with Crippen LogP contribution in [0.5, 0.6) is 0 Å². The minimum absolute atomic E-state index is 0.161. The van der Waals surface area contributed by atoms with Crippen LogP contribution in [0.25, 0.3) is 5.69 Å². The van der Waals surface area contributed by atoms with Gasteiger partial charge in [-0.25, -0.2) is 9.67 Å². The summed E-state index contributed by atoms with van der Waals surface area (Å²) in [6.45, 7) is 0.629. The maximum Gasteiger partial charge on any atom is 0.253 e. The molecule has 104 valence electrons. The lowest BCUT2D eigenvalue weighted by Gasteiger charge is -2.14. The van der Waals surface area contributed by atoms with Gasteiger partial charge in [0.15, 0.2) is 0 Å². The van der Waals surface area contributed by atoms with E-state index in [1.807, 2.05) is 0 Å². The number of ether oxygens (including phenoxy) is 1.